The van der Waals surface area contributed by atoms with Gasteiger partial charge in [-0.25, -0.2) is 0 Å². The second kappa shape index (κ2) is 4.56. The fraction of sp³-hybridized carbons (Fsp3) is 0.727. The minimum atomic E-state index is 0.0546. The van der Waals surface area contributed by atoms with E-state index in [2.05, 4.69) is 13.5 Å². The van der Waals surface area contributed by atoms with E-state index in [-0.39, 0.29) is 6.61 Å². The highest BCUT2D eigenvalue weighted by Gasteiger charge is 2.24. The molecule has 1 N–H and O–H groups in total. The molecule has 0 bridgehead atoms. The third-order valence-electron chi connectivity index (χ3n) is 2.63. The van der Waals surface area contributed by atoms with E-state index in [4.69, 9.17) is 5.11 Å². The molecule has 0 aromatic carbocycles. The molecule has 2 nitrogen and oxygen atoms in total. The van der Waals surface area contributed by atoms with Crippen molar-refractivity contribution in [1.82, 2.24) is 0 Å². The summed E-state index contributed by atoms with van der Waals surface area (Å²) in [6, 6.07) is 0. The summed E-state index contributed by atoms with van der Waals surface area (Å²) in [6.07, 6.45) is 3.34. The maximum atomic E-state index is 11.3. The Kier molecular flexibility index (Phi) is 3.67. The molecule has 0 saturated heterocycles. The van der Waals surface area contributed by atoms with E-state index in [1.807, 2.05) is 0 Å². The second-order valence-electron chi connectivity index (χ2n) is 4.27. The monoisotopic (exact) mass is 182 g/mol. The molecule has 0 aliphatic heterocycles. The average Bonchev–Trinajstić information content (AvgIpc) is 2.02. The number of Topliss-reactive ketones (excluding diaryl/α,β-unsaturated/α-hetero) is 1. The molecule has 1 saturated carbocycles. The lowest BCUT2D eigenvalue weighted by Crippen LogP contribution is -2.21. The molecule has 0 aromatic heterocycles. The molecule has 2 atom stereocenters. The number of rotatable bonds is 3. The quantitative estimate of drug-likeness (QED) is 0.677. The number of ketones is 1. The smallest absolute Gasteiger partial charge is 0.133 e. The van der Waals surface area contributed by atoms with Crippen molar-refractivity contribution >= 4 is 5.78 Å². The maximum absolute atomic E-state index is 11.3. The first-order chi connectivity index (χ1) is 6.11. The lowest BCUT2D eigenvalue weighted by molar-refractivity contribution is -0.122. The molecule has 1 aliphatic carbocycles. The summed E-state index contributed by atoms with van der Waals surface area (Å²) >= 11 is 0. The van der Waals surface area contributed by atoms with Crippen molar-refractivity contribution in [3.05, 3.63) is 12.2 Å². The molecule has 2 unspecified atom stereocenters. The van der Waals surface area contributed by atoms with Crippen molar-refractivity contribution < 1.29 is 9.90 Å². The highest BCUT2D eigenvalue weighted by atomic mass is 16.3. The molecule has 0 aromatic rings. The van der Waals surface area contributed by atoms with E-state index in [0.717, 1.165) is 24.8 Å². The van der Waals surface area contributed by atoms with Gasteiger partial charge in [0.05, 0.1) is 6.61 Å². The summed E-state index contributed by atoms with van der Waals surface area (Å²) in [5.74, 6) is 1.31. The predicted octanol–water partition coefficient (Wildman–Crippen LogP) is 1.93. The maximum Gasteiger partial charge on any atom is 0.133 e. The van der Waals surface area contributed by atoms with E-state index in [9.17, 15) is 4.79 Å². The van der Waals surface area contributed by atoms with Gasteiger partial charge in [-0.2, -0.15) is 0 Å². The second-order valence-corrected chi connectivity index (χ2v) is 4.27. The van der Waals surface area contributed by atoms with Gasteiger partial charge in [0, 0.05) is 12.8 Å². The summed E-state index contributed by atoms with van der Waals surface area (Å²) in [5.41, 5.74) is 0.854. The summed E-state index contributed by atoms with van der Waals surface area (Å²) in [7, 11) is 0. The van der Waals surface area contributed by atoms with Crippen LogP contribution in [0.1, 0.15) is 32.6 Å². The van der Waals surface area contributed by atoms with Crippen LogP contribution in [0.15, 0.2) is 12.2 Å². The molecular weight excluding hydrogens is 164 g/mol. The summed E-state index contributed by atoms with van der Waals surface area (Å²) in [6.45, 7) is 5.93. The van der Waals surface area contributed by atoms with Gasteiger partial charge < -0.3 is 5.11 Å². The van der Waals surface area contributed by atoms with E-state index in [1.165, 1.54) is 0 Å². The molecule has 1 aliphatic rings. The molecular formula is C11H18O2. The average molecular weight is 182 g/mol. The molecule has 74 valence electrons. The zero-order valence-electron chi connectivity index (χ0n) is 8.25. The first kappa shape index (κ1) is 10.5. The van der Waals surface area contributed by atoms with Gasteiger partial charge in [0.25, 0.3) is 0 Å². The summed E-state index contributed by atoms with van der Waals surface area (Å²) in [4.78, 5) is 11.3. The van der Waals surface area contributed by atoms with Crippen LogP contribution in [0.3, 0.4) is 0 Å². The van der Waals surface area contributed by atoms with Crippen LogP contribution >= 0.6 is 0 Å². The van der Waals surface area contributed by atoms with Crippen LogP contribution in [0.2, 0.25) is 0 Å². The van der Waals surface area contributed by atoms with Gasteiger partial charge in [-0.3, -0.25) is 4.79 Å². The molecule has 0 radical (unpaired) electrons. The molecule has 1 rings (SSSR count). The van der Waals surface area contributed by atoms with Crippen molar-refractivity contribution in [2.75, 3.05) is 6.61 Å². The van der Waals surface area contributed by atoms with Gasteiger partial charge in [0.1, 0.15) is 5.78 Å². The lowest BCUT2D eigenvalue weighted by atomic mass is 9.79. The minimum Gasteiger partial charge on any atom is -0.392 e. The summed E-state index contributed by atoms with van der Waals surface area (Å²) < 4.78 is 0. The predicted molar refractivity (Wildman–Crippen MR) is 52.4 cm³/mol. The van der Waals surface area contributed by atoms with E-state index in [0.29, 0.717) is 24.0 Å². The van der Waals surface area contributed by atoms with Gasteiger partial charge in [-0.1, -0.05) is 19.1 Å². The van der Waals surface area contributed by atoms with Crippen molar-refractivity contribution in [2.24, 2.45) is 11.8 Å². The lowest BCUT2D eigenvalue weighted by Gasteiger charge is -2.25. The zero-order valence-corrected chi connectivity index (χ0v) is 8.25. The summed E-state index contributed by atoms with van der Waals surface area (Å²) in [5, 5.41) is 8.81. The van der Waals surface area contributed by atoms with Crippen LogP contribution in [-0.4, -0.2) is 17.5 Å². The van der Waals surface area contributed by atoms with Gasteiger partial charge in [-0.05, 0) is 24.7 Å². The van der Waals surface area contributed by atoms with E-state index in [1.54, 1.807) is 0 Å². The molecule has 13 heavy (non-hydrogen) atoms. The van der Waals surface area contributed by atoms with Crippen molar-refractivity contribution in [3.8, 4) is 0 Å². The van der Waals surface area contributed by atoms with Crippen LogP contribution in [0.5, 0.6) is 0 Å². The van der Waals surface area contributed by atoms with Crippen molar-refractivity contribution in [3.63, 3.8) is 0 Å². The minimum absolute atomic E-state index is 0.0546. The molecule has 2 heteroatoms. The third-order valence-corrected chi connectivity index (χ3v) is 2.63. The van der Waals surface area contributed by atoms with Crippen LogP contribution in [0, 0.1) is 11.8 Å². The van der Waals surface area contributed by atoms with Gasteiger partial charge in [0.15, 0.2) is 0 Å². The van der Waals surface area contributed by atoms with Crippen LogP contribution in [0.4, 0.5) is 0 Å². The molecule has 0 spiro atoms. The van der Waals surface area contributed by atoms with Crippen molar-refractivity contribution in [2.45, 2.75) is 32.6 Å². The number of carbonyl (C=O) groups excluding carboxylic acids is 1. The van der Waals surface area contributed by atoms with E-state index >= 15 is 0 Å². The Balaban J connectivity index is 2.41. The Labute approximate surface area is 79.6 Å². The number of carbonyl (C=O) groups is 1. The molecule has 0 amide bonds. The fourth-order valence-corrected chi connectivity index (χ4v) is 2.16. The number of hydrogen-bond donors (Lipinski definition) is 1. The Morgan fingerprint density at radius 1 is 1.62 bits per heavy atom. The van der Waals surface area contributed by atoms with Crippen LogP contribution in [-0.2, 0) is 4.79 Å². The third kappa shape index (κ3) is 3.31. The highest BCUT2D eigenvalue weighted by Crippen LogP contribution is 2.30. The Morgan fingerprint density at radius 2 is 2.31 bits per heavy atom. The topological polar surface area (TPSA) is 37.3 Å². The van der Waals surface area contributed by atoms with Crippen LogP contribution in [0.25, 0.3) is 0 Å². The Bertz CT molecular complexity index is 208. The molecule has 1 fully saturated rings. The van der Waals surface area contributed by atoms with Crippen molar-refractivity contribution in [1.29, 1.82) is 0 Å². The Hall–Kier alpha value is -0.630. The van der Waals surface area contributed by atoms with Gasteiger partial charge in [-0.15, -0.1) is 0 Å². The normalized spacial score (nSPS) is 28.9. The first-order valence-corrected chi connectivity index (χ1v) is 4.91. The first-order valence-electron chi connectivity index (χ1n) is 4.91. The van der Waals surface area contributed by atoms with E-state index < -0.39 is 0 Å². The number of aliphatic hydroxyl groups is 1. The number of aliphatic hydroxyl groups excluding tert-OH is 1. The Morgan fingerprint density at radius 3 is 2.85 bits per heavy atom. The number of hydrogen-bond acceptors (Lipinski definition) is 2. The van der Waals surface area contributed by atoms with Crippen LogP contribution < -0.4 is 0 Å². The van der Waals surface area contributed by atoms with Gasteiger partial charge in [0.2, 0.25) is 0 Å². The largest absolute Gasteiger partial charge is 0.392 e. The SMILES string of the molecule is C=C(CO)CC1CC(=O)CC(C)C1. The fourth-order valence-electron chi connectivity index (χ4n) is 2.16. The highest BCUT2D eigenvalue weighted by molar-refractivity contribution is 5.79. The van der Waals surface area contributed by atoms with Gasteiger partial charge >= 0.3 is 0 Å². The standard InChI is InChI=1S/C11H18O2/c1-8-3-10(4-9(2)7-12)6-11(13)5-8/h8,10,12H,2-7H2,1H3. The zero-order chi connectivity index (χ0) is 9.84. The molecule has 0 heterocycles.